The first-order chi connectivity index (χ1) is 9.60. The fraction of sp³-hybridized carbons (Fsp3) is 0.312. The molecule has 1 aromatic carbocycles. The number of anilines is 1. The van der Waals surface area contributed by atoms with E-state index in [1.165, 1.54) is 11.1 Å². The van der Waals surface area contributed by atoms with Crippen LogP contribution in [0.1, 0.15) is 16.8 Å². The molecule has 20 heavy (non-hydrogen) atoms. The lowest BCUT2D eigenvalue weighted by Gasteiger charge is -2.19. The van der Waals surface area contributed by atoms with Crippen molar-refractivity contribution in [2.45, 2.75) is 20.0 Å². The molecule has 0 aliphatic heterocycles. The van der Waals surface area contributed by atoms with Crippen molar-refractivity contribution in [1.82, 2.24) is 10.3 Å². The van der Waals surface area contributed by atoms with E-state index >= 15 is 0 Å². The Hall–Kier alpha value is -1.58. The highest BCUT2D eigenvalue weighted by Crippen LogP contribution is 2.20. The molecule has 0 atom stereocenters. The van der Waals surface area contributed by atoms with Gasteiger partial charge in [-0.1, -0.05) is 41.4 Å². The Balaban J connectivity index is 2.16. The summed E-state index contributed by atoms with van der Waals surface area (Å²) in [5.74, 6) is 0.932. The number of aryl methyl sites for hydroxylation is 1. The van der Waals surface area contributed by atoms with E-state index in [0.717, 1.165) is 18.1 Å². The minimum atomic E-state index is 0.672. The minimum absolute atomic E-state index is 0.672. The predicted molar refractivity (Wildman–Crippen MR) is 85.3 cm³/mol. The molecule has 4 heteroatoms. The highest BCUT2D eigenvalue weighted by Gasteiger charge is 2.07. The van der Waals surface area contributed by atoms with Crippen molar-refractivity contribution in [2.24, 2.45) is 0 Å². The molecule has 0 aliphatic carbocycles. The summed E-state index contributed by atoms with van der Waals surface area (Å²) in [6, 6.07) is 12.4. The Morgan fingerprint density at radius 1 is 1.25 bits per heavy atom. The van der Waals surface area contributed by atoms with Crippen molar-refractivity contribution in [2.75, 3.05) is 19.0 Å². The molecule has 1 N–H and O–H groups in total. The van der Waals surface area contributed by atoms with Crippen LogP contribution in [0.3, 0.4) is 0 Å². The van der Waals surface area contributed by atoms with E-state index in [4.69, 9.17) is 11.6 Å². The number of rotatable bonds is 5. The van der Waals surface area contributed by atoms with Crippen LogP contribution in [0.2, 0.25) is 5.02 Å². The van der Waals surface area contributed by atoms with Crippen LogP contribution in [0.15, 0.2) is 36.4 Å². The Bertz CT molecular complexity index is 584. The largest absolute Gasteiger partial charge is 0.355 e. The van der Waals surface area contributed by atoms with Gasteiger partial charge in [-0.15, -0.1) is 0 Å². The quantitative estimate of drug-likeness (QED) is 0.914. The molecule has 0 saturated heterocycles. The standard InChI is InChI=1S/C16H20ClN3/c1-12-5-4-6-13(9-12)11-20(3)16-8-7-14(17)15(19-16)10-18-2/h4-9,18H,10-11H2,1-3H3. The van der Waals surface area contributed by atoms with Crippen LogP contribution in [-0.4, -0.2) is 19.1 Å². The van der Waals surface area contributed by atoms with Gasteiger partial charge in [0, 0.05) is 20.1 Å². The summed E-state index contributed by atoms with van der Waals surface area (Å²) in [5, 5.41) is 3.78. The fourth-order valence-corrected chi connectivity index (χ4v) is 2.31. The van der Waals surface area contributed by atoms with E-state index in [0.29, 0.717) is 11.6 Å². The maximum Gasteiger partial charge on any atom is 0.129 e. The number of halogens is 1. The zero-order chi connectivity index (χ0) is 14.5. The zero-order valence-corrected chi connectivity index (χ0v) is 12.9. The molecule has 0 amide bonds. The van der Waals surface area contributed by atoms with Crippen molar-refractivity contribution in [3.63, 3.8) is 0 Å². The van der Waals surface area contributed by atoms with Crippen molar-refractivity contribution in [3.8, 4) is 0 Å². The number of hydrogen-bond donors (Lipinski definition) is 1. The van der Waals surface area contributed by atoms with Crippen LogP contribution in [0.25, 0.3) is 0 Å². The number of benzene rings is 1. The number of nitrogens with zero attached hydrogens (tertiary/aromatic N) is 2. The molecule has 0 bridgehead atoms. The molecule has 1 heterocycles. The summed E-state index contributed by atoms with van der Waals surface area (Å²) in [5.41, 5.74) is 3.43. The molecule has 0 unspecified atom stereocenters. The van der Waals surface area contributed by atoms with E-state index in [1.807, 2.05) is 26.2 Å². The van der Waals surface area contributed by atoms with Crippen LogP contribution in [0.5, 0.6) is 0 Å². The molecule has 2 rings (SSSR count). The first kappa shape index (κ1) is 14.8. The molecular weight excluding hydrogens is 270 g/mol. The van der Waals surface area contributed by atoms with Gasteiger partial charge in [-0.2, -0.15) is 0 Å². The van der Waals surface area contributed by atoms with Gasteiger partial charge in [-0.05, 0) is 31.7 Å². The highest BCUT2D eigenvalue weighted by molar-refractivity contribution is 6.31. The second-order valence-corrected chi connectivity index (χ2v) is 5.38. The van der Waals surface area contributed by atoms with Crippen LogP contribution >= 0.6 is 11.6 Å². The van der Waals surface area contributed by atoms with Gasteiger partial charge in [0.15, 0.2) is 0 Å². The van der Waals surface area contributed by atoms with E-state index in [-0.39, 0.29) is 0 Å². The van der Waals surface area contributed by atoms with Crippen LogP contribution in [0, 0.1) is 6.92 Å². The topological polar surface area (TPSA) is 28.2 Å². The van der Waals surface area contributed by atoms with Gasteiger partial charge in [0.25, 0.3) is 0 Å². The number of aromatic nitrogens is 1. The smallest absolute Gasteiger partial charge is 0.129 e. The van der Waals surface area contributed by atoms with Gasteiger partial charge in [0.2, 0.25) is 0 Å². The van der Waals surface area contributed by atoms with Gasteiger partial charge >= 0.3 is 0 Å². The second-order valence-electron chi connectivity index (χ2n) is 4.97. The summed E-state index contributed by atoms with van der Waals surface area (Å²) >= 11 is 6.14. The average Bonchev–Trinajstić information content (AvgIpc) is 2.41. The molecule has 3 nitrogen and oxygen atoms in total. The van der Waals surface area contributed by atoms with Crippen molar-refractivity contribution in [3.05, 3.63) is 58.2 Å². The van der Waals surface area contributed by atoms with Crippen molar-refractivity contribution < 1.29 is 0 Å². The molecule has 106 valence electrons. The van der Waals surface area contributed by atoms with Crippen LogP contribution < -0.4 is 10.2 Å². The Morgan fingerprint density at radius 2 is 2.05 bits per heavy atom. The van der Waals surface area contributed by atoms with Crippen molar-refractivity contribution >= 4 is 17.4 Å². The molecular formula is C16H20ClN3. The van der Waals surface area contributed by atoms with E-state index in [1.54, 1.807) is 0 Å². The monoisotopic (exact) mass is 289 g/mol. The number of hydrogen-bond acceptors (Lipinski definition) is 3. The molecule has 0 radical (unpaired) electrons. The maximum atomic E-state index is 6.14. The normalized spacial score (nSPS) is 10.6. The second kappa shape index (κ2) is 6.73. The third-order valence-corrected chi connectivity index (χ3v) is 3.49. The Morgan fingerprint density at radius 3 is 2.75 bits per heavy atom. The van der Waals surface area contributed by atoms with Gasteiger partial charge in [-0.3, -0.25) is 0 Å². The third kappa shape index (κ3) is 3.71. The summed E-state index contributed by atoms with van der Waals surface area (Å²) in [6.45, 7) is 3.61. The molecule has 0 fully saturated rings. The third-order valence-electron chi connectivity index (χ3n) is 3.14. The van der Waals surface area contributed by atoms with E-state index in [9.17, 15) is 0 Å². The summed E-state index contributed by atoms with van der Waals surface area (Å²) < 4.78 is 0. The van der Waals surface area contributed by atoms with E-state index < -0.39 is 0 Å². The number of pyridine rings is 1. The minimum Gasteiger partial charge on any atom is -0.355 e. The molecule has 0 aliphatic rings. The van der Waals surface area contributed by atoms with Crippen LogP contribution in [0.4, 0.5) is 5.82 Å². The lowest BCUT2D eigenvalue weighted by Crippen LogP contribution is -2.19. The molecule has 0 spiro atoms. The SMILES string of the molecule is CNCc1nc(N(C)Cc2cccc(C)c2)ccc1Cl. The molecule has 2 aromatic rings. The lowest BCUT2D eigenvalue weighted by atomic mass is 10.1. The van der Waals surface area contributed by atoms with E-state index in [2.05, 4.69) is 46.4 Å². The fourth-order valence-electron chi connectivity index (χ4n) is 2.14. The van der Waals surface area contributed by atoms with Gasteiger partial charge in [-0.25, -0.2) is 4.98 Å². The number of nitrogens with one attached hydrogen (secondary N) is 1. The molecule has 1 aromatic heterocycles. The summed E-state index contributed by atoms with van der Waals surface area (Å²) in [7, 11) is 3.93. The highest BCUT2D eigenvalue weighted by atomic mass is 35.5. The van der Waals surface area contributed by atoms with Crippen LogP contribution in [-0.2, 0) is 13.1 Å². The lowest BCUT2D eigenvalue weighted by molar-refractivity contribution is 0.783. The summed E-state index contributed by atoms with van der Waals surface area (Å²) in [6.07, 6.45) is 0. The predicted octanol–water partition coefficient (Wildman–Crippen LogP) is 3.40. The maximum absolute atomic E-state index is 6.14. The van der Waals surface area contributed by atoms with Gasteiger partial charge in [0.1, 0.15) is 5.82 Å². The zero-order valence-electron chi connectivity index (χ0n) is 12.2. The first-order valence-corrected chi connectivity index (χ1v) is 7.04. The first-order valence-electron chi connectivity index (χ1n) is 6.67. The van der Waals surface area contributed by atoms with Crippen molar-refractivity contribution in [1.29, 1.82) is 0 Å². The Kier molecular flexibility index (Phi) is 4.99. The Labute approximate surface area is 125 Å². The average molecular weight is 290 g/mol. The van der Waals surface area contributed by atoms with Gasteiger partial charge < -0.3 is 10.2 Å². The van der Waals surface area contributed by atoms with Gasteiger partial charge in [0.05, 0.1) is 10.7 Å². The molecule has 0 saturated carbocycles. The summed E-state index contributed by atoms with van der Waals surface area (Å²) in [4.78, 5) is 6.74.